The number of benzene rings is 1. The highest BCUT2D eigenvalue weighted by atomic mass is 32.2. The van der Waals surface area contributed by atoms with Crippen molar-refractivity contribution in [2.45, 2.75) is 74.5 Å². The van der Waals surface area contributed by atoms with Gasteiger partial charge in [-0.25, -0.2) is 0 Å². The predicted octanol–water partition coefficient (Wildman–Crippen LogP) is 3.80. The molecular formula is C24H39NO8S. The van der Waals surface area contributed by atoms with E-state index in [9.17, 15) is 22.8 Å². The summed E-state index contributed by atoms with van der Waals surface area (Å²) in [7, 11) is -3.67. The molecule has 0 aliphatic heterocycles. The Hall–Kier alpha value is -2.30. The normalized spacial score (nSPS) is 12.3. The highest BCUT2D eigenvalue weighted by Crippen LogP contribution is 2.26. The first-order valence-corrected chi connectivity index (χ1v) is 12.6. The monoisotopic (exact) mass is 501 g/mol. The predicted molar refractivity (Wildman–Crippen MR) is 130 cm³/mol. The molecule has 0 atom stereocenters. The van der Waals surface area contributed by atoms with E-state index in [1.54, 1.807) is 59.7 Å². The number of hydrogen-bond donors (Lipinski definition) is 2. The molecule has 0 fully saturated rings. The summed E-state index contributed by atoms with van der Waals surface area (Å²) in [6, 6.07) is 4.81. The Morgan fingerprint density at radius 3 is 1.79 bits per heavy atom. The molecule has 194 valence electrons. The summed E-state index contributed by atoms with van der Waals surface area (Å²) in [6.07, 6.45) is 0.715. The van der Waals surface area contributed by atoms with Crippen molar-refractivity contribution in [2.24, 2.45) is 10.8 Å². The van der Waals surface area contributed by atoms with E-state index in [1.165, 1.54) is 0 Å². The summed E-state index contributed by atoms with van der Waals surface area (Å²) in [4.78, 5) is 37.0. The van der Waals surface area contributed by atoms with Crippen LogP contribution in [0.5, 0.6) is 5.75 Å². The van der Waals surface area contributed by atoms with Crippen molar-refractivity contribution in [3.8, 4) is 5.75 Å². The quantitative estimate of drug-likeness (QED) is 0.258. The molecule has 34 heavy (non-hydrogen) atoms. The van der Waals surface area contributed by atoms with Crippen molar-refractivity contribution in [3.05, 3.63) is 29.3 Å². The number of Topliss-reactive ketones (excluding diaryl/α,β-unsaturated/α-hetero) is 1. The van der Waals surface area contributed by atoms with Gasteiger partial charge in [0, 0.05) is 16.7 Å². The lowest BCUT2D eigenvalue weighted by atomic mass is 9.97. The lowest BCUT2D eigenvalue weighted by Gasteiger charge is -2.21. The number of nitrogens with one attached hydrogen (secondary N) is 1. The number of hydrogen-bond acceptors (Lipinski definition) is 8. The second-order valence-electron chi connectivity index (χ2n) is 11.0. The van der Waals surface area contributed by atoms with E-state index in [4.69, 9.17) is 14.0 Å². The third-order valence-corrected chi connectivity index (χ3v) is 3.95. The van der Waals surface area contributed by atoms with Crippen LogP contribution < -0.4 is 10.1 Å². The fourth-order valence-electron chi connectivity index (χ4n) is 2.03. The maximum atomic E-state index is 12.6. The summed E-state index contributed by atoms with van der Waals surface area (Å²) in [5, 5.41) is 3.16. The van der Waals surface area contributed by atoms with Crippen molar-refractivity contribution in [1.29, 1.82) is 0 Å². The first-order valence-electron chi connectivity index (χ1n) is 10.7. The molecule has 0 bridgehead atoms. The van der Waals surface area contributed by atoms with E-state index in [0.29, 0.717) is 17.4 Å². The van der Waals surface area contributed by atoms with Gasteiger partial charge in [-0.2, -0.15) is 8.42 Å². The van der Waals surface area contributed by atoms with E-state index in [0.717, 1.165) is 0 Å². The molecule has 1 rings (SSSR count). The second-order valence-corrected chi connectivity index (χ2v) is 12.5. The van der Waals surface area contributed by atoms with Crippen molar-refractivity contribution < 1.29 is 36.8 Å². The van der Waals surface area contributed by atoms with Gasteiger partial charge in [0.05, 0.1) is 23.6 Å². The molecule has 1 aromatic carbocycles. The molecule has 0 aromatic heterocycles. The standard InChI is InChI=1S/C23H35NO5.CH4O3S/c1-21(2,3)19(26)28-14-16-12-15(17(25)13-24-23(7,8)9)10-11-18(16)29-20(27)22(4,5)6;1-5(2,3)4/h10-12,24H,13-14H2,1-9H3;1H3,(H,2,3,4). The first kappa shape index (κ1) is 31.7. The Bertz CT molecular complexity index is 970. The van der Waals surface area contributed by atoms with Crippen molar-refractivity contribution in [1.82, 2.24) is 5.32 Å². The van der Waals surface area contributed by atoms with Crippen molar-refractivity contribution in [3.63, 3.8) is 0 Å². The lowest BCUT2D eigenvalue weighted by Crippen LogP contribution is -2.39. The van der Waals surface area contributed by atoms with Gasteiger partial charge in [0.1, 0.15) is 12.4 Å². The van der Waals surface area contributed by atoms with Gasteiger partial charge >= 0.3 is 11.9 Å². The maximum absolute atomic E-state index is 12.6. The fraction of sp³-hybridized carbons (Fsp3) is 0.625. The number of ether oxygens (including phenoxy) is 2. The van der Waals surface area contributed by atoms with E-state index >= 15 is 0 Å². The number of carbonyl (C=O) groups is 3. The number of carbonyl (C=O) groups excluding carboxylic acids is 3. The third kappa shape index (κ3) is 14.1. The van der Waals surface area contributed by atoms with Crippen LogP contribution in [-0.2, 0) is 31.1 Å². The smallest absolute Gasteiger partial charge is 0.316 e. The van der Waals surface area contributed by atoms with E-state index in [-0.39, 0.29) is 36.2 Å². The molecule has 10 heteroatoms. The van der Waals surface area contributed by atoms with Crippen LogP contribution in [0.25, 0.3) is 0 Å². The molecule has 0 aliphatic carbocycles. The van der Waals surface area contributed by atoms with Crippen LogP contribution in [0, 0.1) is 10.8 Å². The zero-order valence-corrected chi connectivity index (χ0v) is 22.7. The van der Waals surface area contributed by atoms with Crippen LogP contribution in [0.3, 0.4) is 0 Å². The molecule has 0 unspecified atom stereocenters. The third-order valence-electron chi connectivity index (χ3n) is 3.95. The van der Waals surface area contributed by atoms with Gasteiger partial charge in [0.15, 0.2) is 5.78 Å². The minimum absolute atomic E-state index is 0.0866. The molecule has 9 nitrogen and oxygen atoms in total. The summed E-state index contributed by atoms with van der Waals surface area (Å²) in [6.45, 7) is 16.6. The van der Waals surface area contributed by atoms with Crippen LogP contribution in [0.4, 0.5) is 0 Å². The van der Waals surface area contributed by atoms with Gasteiger partial charge in [-0.15, -0.1) is 0 Å². The largest absolute Gasteiger partial charge is 0.460 e. The Morgan fingerprint density at radius 1 is 0.912 bits per heavy atom. The minimum atomic E-state index is -3.67. The molecule has 0 heterocycles. The fourth-order valence-corrected chi connectivity index (χ4v) is 2.03. The minimum Gasteiger partial charge on any atom is -0.460 e. The molecule has 1 aromatic rings. The van der Waals surface area contributed by atoms with Gasteiger partial charge in [0.2, 0.25) is 0 Å². The summed E-state index contributed by atoms with van der Waals surface area (Å²) < 4.78 is 36.8. The molecule has 0 spiro atoms. The zero-order valence-electron chi connectivity index (χ0n) is 21.9. The van der Waals surface area contributed by atoms with Crippen LogP contribution >= 0.6 is 0 Å². The highest BCUT2D eigenvalue weighted by molar-refractivity contribution is 7.85. The molecular weight excluding hydrogens is 462 g/mol. The van der Waals surface area contributed by atoms with Gasteiger partial charge in [-0.1, -0.05) is 0 Å². The van der Waals surface area contributed by atoms with Crippen LogP contribution in [0.15, 0.2) is 18.2 Å². The van der Waals surface area contributed by atoms with E-state index < -0.39 is 26.9 Å². The Morgan fingerprint density at radius 2 is 1.38 bits per heavy atom. The molecule has 0 saturated heterocycles. The second kappa shape index (κ2) is 11.9. The van der Waals surface area contributed by atoms with Gasteiger partial charge < -0.3 is 14.8 Å². The Balaban J connectivity index is 0.00000196. The Labute approximate surface area is 203 Å². The lowest BCUT2D eigenvalue weighted by molar-refractivity contribution is -0.154. The van der Waals surface area contributed by atoms with Crippen LogP contribution in [0.1, 0.15) is 78.2 Å². The zero-order chi connectivity index (χ0) is 27.1. The SMILES string of the molecule is CC(C)(C)NCC(=O)c1ccc(OC(=O)C(C)(C)C)c(COC(=O)C(C)(C)C)c1.CS(=O)(=O)O. The van der Waals surface area contributed by atoms with Gasteiger partial charge in [-0.3, -0.25) is 18.9 Å². The van der Waals surface area contributed by atoms with E-state index in [2.05, 4.69) is 5.32 Å². The van der Waals surface area contributed by atoms with Gasteiger partial charge in [0.25, 0.3) is 10.1 Å². The average Bonchev–Trinajstić information content (AvgIpc) is 2.61. The number of ketones is 1. The summed E-state index contributed by atoms with van der Waals surface area (Å²) in [5.41, 5.74) is -0.611. The van der Waals surface area contributed by atoms with Gasteiger partial charge in [-0.05, 0) is 80.5 Å². The molecule has 0 amide bonds. The van der Waals surface area contributed by atoms with Crippen LogP contribution in [-0.4, -0.2) is 49.0 Å². The topological polar surface area (TPSA) is 136 Å². The number of rotatable bonds is 6. The Kier molecular flexibility index (Phi) is 11.1. The maximum Gasteiger partial charge on any atom is 0.316 e. The van der Waals surface area contributed by atoms with Crippen molar-refractivity contribution in [2.75, 3.05) is 12.8 Å². The summed E-state index contributed by atoms with van der Waals surface area (Å²) in [5.74, 6) is -0.602. The molecule has 0 aliphatic rings. The number of esters is 2. The molecule has 0 saturated carbocycles. The van der Waals surface area contributed by atoms with Crippen molar-refractivity contribution >= 4 is 27.8 Å². The molecule has 2 N–H and O–H groups in total. The summed E-state index contributed by atoms with van der Waals surface area (Å²) >= 11 is 0. The van der Waals surface area contributed by atoms with E-state index in [1.807, 2.05) is 20.8 Å². The first-order chi connectivity index (χ1) is 15.0. The average molecular weight is 502 g/mol. The van der Waals surface area contributed by atoms with Crippen LogP contribution in [0.2, 0.25) is 0 Å². The molecule has 0 radical (unpaired) electrons. The highest BCUT2D eigenvalue weighted by Gasteiger charge is 2.27.